The Kier molecular flexibility index (Phi) is 5.16. The molecule has 3 rings (SSSR count). The molecule has 0 aliphatic rings. The highest BCUT2D eigenvalue weighted by molar-refractivity contribution is 5.94. The maximum atomic E-state index is 14.2. The average molecular weight is 351 g/mol. The summed E-state index contributed by atoms with van der Waals surface area (Å²) >= 11 is 0. The number of amides is 1. The van der Waals surface area contributed by atoms with Crippen LogP contribution in [0.5, 0.6) is 0 Å². The van der Waals surface area contributed by atoms with E-state index >= 15 is 0 Å². The first-order valence-corrected chi connectivity index (χ1v) is 8.68. The van der Waals surface area contributed by atoms with Crippen LogP contribution in [0, 0.1) is 11.7 Å². The molecule has 1 N–H and O–H groups in total. The van der Waals surface area contributed by atoms with Gasteiger partial charge in [-0.2, -0.15) is 5.10 Å². The van der Waals surface area contributed by atoms with Gasteiger partial charge in [-0.3, -0.25) is 4.79 Å². The number of carbonyl (C=O) groups excluding carboxylic acids is 1. The molecule has 0 aliphatic heterocycles. The van der Waals surface area contributed by atoms with Crippen molar-refractivity contribution in [2.75, 3.05) is 0 Å². The van der Waals surface area contributed by atoms with Crippen LogP contribution in [0.3, 0.4) is 0 Å². The Bertz CT molecular complexity index is 903. The molecule has 5 heteroatoms. The Morgan fingerprint density at radius 3 is 2.35 bits per heavy atom. The zero-order chi connectivity index (χ0) is 18.7. The molecular weight excluding hydrogens is 329 g/mol. The molecule has 0 fully saturated rings. The van der Waals surface area contributed by atoms with E-state index in [1.807, 2.05) is 51.1 Å². The molecule has 0 spiro atoms. The van der Waals surface area contributed by atoms with Gasteiger partial charge in [0.15, 0.2) is 0 Å². The van der Waals surface area contributed by atoms with Gasteiger partial charge in [0.25, 0.3) is 5.91 Å². The molecule has 0 saturated heterocycles. The van der Waals surface area contributed by atoms with Crippen LogP contribution in [0.25, 0.3) is 16.9 Å². The zero-order valence-electron chi connectivity index (χ0n) is 15.1. The molecule has 26 heavy (non-hydrogen) atoms. The third-order valence-corrected chi connectivity index (χ3v) is 4.45. The van der Waals surface area contributed by atoms with E-state index in [1.54, 1.807) is 28.9 Å². The molecule has 0 saturated carbocycles. The summed E-state index contributed by atoms with van der Waals surface area (Å²) in [4.78, 5) is 12.8. The van der Waals surface area contributed by atoms with E-state index in [2.05, 4.69) is 10.4 Å². The average Bonchev–Trinajstić information content (AvgIpc) is 3.08. The summed E-state index contributed by atoms with van der Waals surface area (Å²) in [7, 11) is 0. The summed E-state index contributed by atoms with van der Waals surface area (Å²) < 4.78 is 15.7. The number of nitrogens with zero attached hydrogens (tertiary/aromatic N) is 2. The monoisotopic (exact) mass is 351 g/mol. The minimum absolute atomic E-state index is 0.0125. The van der Waals surface area contributed by atoms with Gasteiger partial charge in [-0.05, 0) is 43.2 Å². The van der Waals surface area contributed by atoms with Crippen LogP contribution in [-0.4, -0.2) is 21.7 Å². The molecule has 1 amide bonds. The lowest BCUT2D eigenvalue weighted by Gasteiger charge is -2.17. The molecule has 1 unspecified atom stereocenters. The largest absolute Gasteiger partial charge is 0.348 e. The molecule has 0 radical (unpaired) electrons. The van der Waals surface area contributed by atoms with Crippen LogP contribution in [0.15, 0.2) is 60.7 Å². The molecule has 1 aromatic heterocycles. The summed E-state index contributed by atoms with van der Waals surface area (Å²) in [6.07, 6.45) is 0. The van der Waals surface area contributed by atoms with E-state index in [0.29, 0.717) is 22.9 Å². The number of nitrogens with one attached hydrogen (secondary N) is 1. The molecule has 0 bridgehead atoms. The van der Waals surface area contributed by atoms with Crippen molar-refractivity contribution in [3.8, 4) is 16.9 Å². The lowest BCUT2D eigenvalue weighted by atomic mass is 10.1. The van der Waals surface area contributed by atoms with Crippen molar-refractivity contribution in [2.24, 2.45) is 5.92 Å². The summed E-state index contributed by atoms with van der Waals surface area (Å²) in [5.41, 5.74) is 1.92. The van der Waals surface area contributed by atoms with Crippen LogP contribution >= 0.6 is 0 Å². The quantitative estimate of drug-likeness (QED) is 0.738. The van der Waals surface area contributed by atoms with Gasteiger partial charge in [0.1, 0.15) is 11.5 Å². The fraction of sp³-hybridized carbons (Fsp3) is 0.238. The Labute approximate surface area is 152 Å². The maximum Gasteiger partial charge on any atom is 0.270 e. The summed E-state index contributed by atoms with van der Waals surface area (Å²) in [5.74, 6) is -0.295. The second-order valence-electron chi connectivity index (χ2n) is 6.65. The second-order valence-corrected chi connectivity index (χ2v) is 6.65. The van der Waals surface area contributed by atoms with Crippen molar-refractivity contribution in [2.45, 2.75) is 26.8 Å². The summed E-state index contributed by atoms with van der Waals surface area (Å²) in [5, 5.41) is 7.49. The lowest BCUT2D eigenvalue weighted by molar-refractivity contribution is 0.0922. The van der Waals surface area contributed by atoms with Gasteiger partial charge >= 0.3 is 0 Å². The number of para-hydroxylation sites is 1. The van der Waals surface area contributed by atoms with E-state index in [4.69, 9.17) is 0 Å². The van der Waals surface area contributed by atoms with E-state index in [9.17, 15) is 9.18 Å². The van der Waals surface area contributed by atoms with Gasteiger partial charge in [0, 0.05) is 11.6 Å². The minimum atomic E-state index is -0.368. The van der Waals surface area contributed by atoms with E-state index in [-0.39, 0.29) is 17.8 Å². The maximum absolute atomic E-state index is 14.2. The molecular formula is C21H22FN3O. The number of carbonyl (C=O) groups is 1. The van der Waals surface area contributed by atoms with Crippen LogP contribution in [-0.2, 0) is 0 Å². The topological polar surface area (TPSA) is 46.9 Å². The van der Waals surface area contributed by atoms with E-state index < -0.39 is 0 Å². The van der Waals surface area contributed by atoms with Gasteiger partial charge in [0.2, 0.25) is 0 Å². The number of hydrogen-bond donors (Lipinski definition) is 1. The Hall–Kier alpha value is -2.95. The Morgan fingerprint density at radius 1 is 1.04 bits per heavy atom. The van der Waals surface area contributed by atoms with Gasteiger partial charge in [0.05, 0.1) is 11.4 Å². The van der Waals surface area contributed by atoms with Crippen molar-refractivity contribution in [3.63, 3.8) is 0 Å². The summed E-state index contributed by atoms with van der Waals surface area (Å²) in [6.45, 7) is 6.05. The molecule has 2 aromatic carbocycles. The van der Waals surface area contributed by atoms with Crippen LogP contribution in [0.2, 0.25) is 0 Å². The van der Waals surface area contributed by atoms with Crippen molar-refractivity contribution in [3.05, 3.63) is 72.2 Å². The second kappa shape index (κ2) is 7.52. The Balaban J connectivity index is 2.07. The molecule has 134 valence electrons. The number of halogens is 1. The standard InChI is InChI=1S/C21H22FN3O/c1-14(2)15(3)23-21(26)20-13-19(17-11-7-8-12-18(17)22)24-25(20)16-9-5-4-6-10-16/h4-15H,1-3H3,(H,23,26). The highest BCUT2D eigenvalue weighted by Crippen LogP contribution is 2.24. The van der Waals surface area contributed by atoms with Gasteiger partial charge < -0.3 is 5.32 Å². The van der Waals surface area contributed by atoms with Crippen LogP contribution < -0.4 is 5.32 Å². The minimum Gasteiger partial charge on any atom is -0.348 e. The van der Waals surface area contributed by atoms with Gasteiger partial charge in [-0.25, -0.2) is 9.07 Å². The van der Waals surface area contributed by atoms with Gasteiger partial charge in [-0.15, -0.1) is 0 Å². The third-order valence-electron chi connectivity index (χ3n) is 4.45. The number of rotatable bonds is 5. The fourth-order valence-electron chi connectivity index (χ4n) is 2.56. The van der Waals surface area contributed by atoms with Crippen molar-refractivity contribution >= 4 is 5.91 Å². The highest BCUT2D eigenvalue weighted by atomic mass is 19.1. The van der Waals surface area contributed by atoms with E-state index in [1.165, 1.54) is 6.07 Å². The number of hydrogen-bond acceptors (Lipinski definition) is 2. The number of aromatic nitrogens is 2. The van der Waals surface area contributed by atoms with Crippen LogP contribution in [0.4, 0.5) is 4.39 Å². The predicted molar refractivity (Wildman–Crippen MR) is 101 cm³/mol. The van der Waals surface area contributed by atoms with Crippen molar-refractivity contribution in [1.29, 1.82) is 0 Å². The fourth-order valence-corrected chi connectivity index (χ4v) is 2.56. The normalized spacial score (nSPS) is 12.2. The molecule has 1 atom stereocenters. The number of benzene rings is 2. The van der Waals surface area contributed by atoms with E-state index in [0.717, 1.165) is 5.69 Å². The molecule has 0 aliphatic carbocycles. The smallest absolute Gasteiger partial charge is 0.270 e. The molecule has 4 nitrogen and oxygen atoms in total. The molecule has 3 aromatic rings. The predicted octanol–water partition coefficient (Wildman–Crippen LogP) is 4.45. The van der Waals surface area contributed by atoms with Crippen molar-refractivity contribution < 1.29 is 9.18 Å². The van der Waals surface area contributed by atoms with Crippen molar-refractivity contribution in [1.82, 2.24) is 15.1 Å². The third kappa shape index (κ3) is 3.67. The zero-order valence-corrected chi connectivity index (χ0v) is 15.1. The Morgan fingerprint density at radius 2 is 1.69 bits per heavy atom. The lowest BCUT2D eigenvalue weighted by Crippen LogP contribution is -2.37. The SMILES string of the molecule is CC(C)C(C)NC(=O)c1cc(-c2ccccc2F)nn1-c1ccccc1. The first kappa shape index (κ1) is 17.9. The first-order chi connectivity index (χ1) is 12.5. The summed E-state index contributed by atoms with van der Waals surface area (Å²) in [6, 6.07) is 17.4. The molecule has 1 heterocycles. The van der Waals surface area contributed by atoms with Gasteiger partial charge in [-0.1, -0.05) is 44.2 Å². The highest BCUT2D eigenvalue weighted by Gasteiger charge is 2.21. The van der Waals surface area contributed by atoms with Crippen LogP contribution in [0.1, 0.15) is 31.3 Å². The first-order valence-electron chi connectivity index (χ1n) is 8.68.